The smallest absolute Gasteiger partial charge is 0.253 e. The van der Waals surface area contributed by atoms with Crippen molar-refractivity contribution >= 4 is 17.2 Å². The van der Waals surface area contributed by atoms with Gasteiger partial charge in [-0.05, 0) is 19.9 Å². The van der Waals surface area contributed by atoms with Crippen molar-refractivity contribution in [2.75, 3.05) is 0 Å². The molecule has 2 rings (SSSR count). The maximum absolute atomic E-state index is 11.7. The number of hydrogen-bond donors (Lipinski definition) is 1. The molecule has 17 heavy (non-hydrogen) atoms. The number of nitrogens with zero attached hydrogens (tertiary/aromatic N) is 3. The Morgan fingerprint density at radius 1 is 1.41 bits per heavy atom. The number of carbonyl (C=O) groups excluding carboxylic acids is 1. The van der Waals surface area contributed by atoms with E-state index >= 15 is 0 Å². The van der Waals surface area contributed by atoms with Gasteiger partial charge in [-0.25, -0.2) is 4.98 Å². The second-order valence-electron chi connectivity index (χ2n) is 3.56. The average molecular weight is 248 g/mol. The van der Waals surface area contributed by atoms with Crippen LogP contribution in [0.2, 0.25) is 0 Å². The van der Waals surface area contributed by atoms with Gasteiger partial charge in [0, 0.05) is 4.88 Å². The van der Waals surface area contributed by atoms with E-state index in [0.29, 0.717) is 12.1 Å². The summed E-state index contributed by atoms with van der Waals surface area (Å²) in [5.74, 6) is -0.148. The molecule has 2 heterocycles. The zero-order valence-corrected chi connectivity index (χ0v) is 10.4. The van der Waals surface area contributed by atoms with Gasteiger partial charge in [-0.15, -0.1) is 11.3 Å². The topological polar surface area (TPSA) is 67.8 Å². The Hall–Kier alpha value is -1.82. The Morgan fingerprint density at radius 3 is 2.82 bits per heavy atom. The summed E-state index contributed by atoms with van der Waals surface area (Å²) in [5, 5.41) is 11.1. The van der Waals surface area contributed by atoms with E-state index < -0.39 is 0 Å². The van der Waals surface area contributed by atoms with Gasteiger partial charge in [0.25, 0.3) is 5.91 Å². The zero-order valence-electron chi connectivity index (χ0n) is 9.60. The average Bonchev–Trinajstić information content (AvgIpc) is 2.66. The molecule has 2 aromatic heterocycles. The Morgan fingerprint density at radius 2 is 2.24 bits per heavy atom. The molecule has 1 N–H and O–H groups in total. The predicted octanol–water partition coefficient (Wildman–Crippen LogP) is 1.48. The molecule has 0 saturated carbocycles. The van der Waals surface area contributed by atoms with Crippen molar-refractivity contribution in [3.8, 4) is 0 Å². The predicted molar refractivity (Wildman–Crippen MR) is 64.8 cm³/mol. The van der Waals surface area contributed by atoms with E-state index in [1.807, 2.05) is 13.8 Å². The van der Waals surface area contributed by atoms with Gasteiger partial charge in [0.2, 0.25) is 0 Å². The first-order valence-corrected chi connectivity index (χ1v) is 5.96. The van der Waals surface area contributed by atoms with Crippen molar-refractivity contribution in [1.29, 1.82) is 0 Å². The highest BCUT2D eigenvalue weighted by Gasteiger charge is 2.08. The minimum absolute atomic E-state index is 0.148. The number of thiazole rings is 1. The van der Waals surface area contributed by atoms with E-state index in [-0.39, 0.29) is 5.91 Å². The van der Waals surface area contributed by atoms with Crippen molar-refractivity contribution < 1.29 is 4.79 Å². The maximum Gasteiger partial charge on any atom is 0.253 e. The van der Waals surface area contributed by atoms with E-state index in [1.54, 1.807) is 17.4 Å². The Kier molecular flexibility index (Phi) is 3.43. The maximum atomic E-state index is 11.7. The first-order valence-electron chi connectivity index (χ1n) is 5.14. The SMILES string of the molecule is Cc1nc(C)c(CNC(=O)c2ccnnc2)s1. The molecule has 5 nitrogen and oxygen atoms in total. The van der Waals surface area contributed by atoms with Crippen molar-refractivity contribution in [3.63, 3.8) is 0 Å². The molecule has 0 radical (unpaired) electrons. The number of aromatic nitrogens is 3. The third-order valence-electron chi connectivity index (χ3n) is 2.26. The van der Waals surface area contributed by atoms with Crippen LogP contribution in [0.5, 0.6) is 0 Å². The first kappa shape index (κ1) is 11.7. The lowest BCUT2D eigenvalue weighted by atomic mass is 10.3. The van der Waals surface area contributed by atoms with Crippen LogP contribution in [0.15, 0.2) is 18.5 Å². The molecule has 0 atom stereocenters. The molecule has 0 aliphatic carbocycles. The van der Waals surface area contributed by atoms with Gasteiger partial charge in [0.15, 0.2) is 0 Å². The number of hydrogen-bond acceptors (Lipinski definition) is 5. The molecule has 0 aromatic carbocycles. The molecule has 6 heteroatoms. The number of amides is 1. The summed E-state index contributed by atoms with van der Waals surface area (Å²) in [6.45, 7) is 4.40. The monoisotopic (exact) mass is 248 g/mol. The van der Waals surface area contributed by atoms with Gasteiger partial charge >= 0.3 is 0 Å². The standard InChI is InChI=1S/C11H12N4OS/c1-7-10(17-8(2)15-7)6-12-11(16)9-3-4-13-14-5-9/h3-5H,6H2,1-2H3,(H,12,16). The normalized spacial score (nSPS) is 10.2. The fourth-order valence-corrected chi connectivity index (χ4v) is 2.30. The Labute approximate surface area is 103 Å². The number of rotatable bonds is 3. The van der Waals surface area contributed by atoms with Crippen LogP contribution in [0.3, 0.4) is 0 Å². The first-order chi connectivity index (χ1) is 8.16. The van der Waals surface area contributed by atoms with Gasteiger partial charge in [0.05, 0.1) is 35.2 Å². The van der Waals surface area contributed by atoms with E-state index in [9.17, 15) is 4.79 Å². The van der Waals surface area contributed by atoms with E-state index in [1.165, 1.54) is 12.4 Å². The second kappa shape index (κ2) is 5.01. The minimum atomic E-state index is -0.148. The third-order valence-corrected chi connectivity index (χ3v) is 3.33. The highest BCUT2D eigenvalue weighted by Crippen LogP contribution is 2.16. The van der Waals surface area contributed by atoms with Crippen LogP contribution in [0.1, 0.15) is 25.9 Å². The van der Waals surface area contributed by atoms with E-state index in [2.05, 4.69) is 20.5 Å². The van der Waals surface area contributed by atoms with Crippen LogP contribution in [0.25, 0.3) is 0 Å². The fraction of sp³-hybridized carbons (Fsp3) is 0.273. The van der Waals surface area contributed by atoms with Gasteiger partial charge in [-0.2, -0.15) is 10.2 Å². The molecule has 88 valence electrons. The Balaban J connectivity index is 1.99. The summed E-state index contributed by atoms with van der Waals surface area (Å²) in [4.78, 5) is 17.1. The molecule has 0 spiro atoms. The lowest BCUT2D eigenvalue weighted by Gasteiger charge is -2.03. The molecule has 0 aliphatic rings. The summed E-state index contributed by atoms with van der Waals surface area (Å²) >= 11 is 1.60. The Bertz CT molecular complexity index is 524. The highest BCUT2D eigenvalue weighted by molar-refractivity contribution is 7.11. The summed E-state index contributed by atoms with van der Waals surface area (Å²) in [6, 6.07) is 1.63. The van der Waals surface area contributed by atoms with Gasteiger partial charge in [0.1, 0.15) is 0 Å². The molecule has 1 amide bonds. The van der Waals surface area contributed by atoms with Gasteiger partial charge < -0.3 is 5.32 Å². The van der Waals surface area contributed by atoms with Crippen molar-refractivity contribution in [2.45, 2.75) is 20.4 Å². The number of aryl methyl sites for hydroxylation is 2. The summed E-state index contributed by atoms with van der Waals surface area (Å²) in [5.41, 5.74) is 1.49. The molecular formula is C11H12N4OS. The number of nitrogens with one attached hydrogen (secondary N) is 1. The minimum Gasteiger partial charge on any atom is -0.347 e. The van der Waals surface area contributed by atoms with Crippen LogP contribution in [-0.4, -0.2) is 21.1 Å². The quantitative estimate of drug-likeness (QED) is 0.893. The largest absolute Gasteiger partial charge is 0.347 e. The van der Waals surface area contributed by atoms with Crippen LogP contribution in [0.4, 0.5) is 0 Å². The van der Waals surface area contributed by atoms with Gasteiger partial charge in [-0.1, -0.05) is 0 Å². The third kappa shape index (κ3) is 2.85. The molecule has 2 aromatic rings. The number of carbonyl (C=O) groups is 1. The van der Waals surface area contributed by atoms with Crippen LogP contribution >= 0.6 is 11.3 Å². The molecule has 0 bridgehead atoms. The fourth-order valence-electron chi connectivity index (χ4n) is 1.43. The summed E-state index contributed by atoms with van der Waals surface area (Å²) in [6.07, 6.45) is 2.94. The van der Waals surface area contributed by atoms with Gasteiger partial charge in [-0.3, -0.25) is 4.79 Å². The summed E-state index contributed by atoms with van der Waals surface area (Å²) < 4.78 is 0. The van der Waals surface area contributed by atoms with Crippen LogP contribution < -0.4 is 5.32 Å². The molecule has 0 aliphatic heterocycles. The lowest BCUT2D eigenvalue weighted by Crippen LogP contribution is -2.22. The van der Waals surface area contributed by atoms with E-state index in [0.717, 1.165) is 15.6 Å². The lowest BCUT2D eigenvalue weighted by molar-refractivity contribution is 0.0950. The molecule has 0 fully saturated rings. The second-order valence-corrected chi connectivity index (χ2v) is 4.84. The van der Waals surface area contributed by atoms with Crippen molar-refractivity contribution in [3.05, 3.63) is 39.6 Å². The van der Waals surface area contributed by atoms with E-state index in [4.69, 9.17) is 0 Å². The van der Waals surface area contributed by atoms with Crippen molar-refractivity contribution in [2.24, 2.45) is 0 Å². The molecular weight excluding hydrogens is 236 g/mol. The molecule has 0 unspecified atom stereocenters. The highest BCUT2D eigenvalue weighted by atomic mass is 32.1. The summed E-state index contributed by atoms with van der Waals surface area (Å²) in [7, 11) is 0. The van der Waals surface area contributed by atoms with Crippen LogP contribution in [0, 0.1) is 13.8 Å². The zero-order chi connectivity index (χ0) is 12.3. The van der Waals surface area contributed by atoms with Crippen LogP contribution in [-0.2, 0) is 6.54 Å². The molecule has 0 saturated heterocycles. The van der Waals surface area contributed by atoms with Crippen molar-refractivity contribution in [1.82, 2.24) is 20.5 Å².